The second-order valence-corrected chi connectivity index (χ2v) is 5.48. The van der Waals surface area contributed by atoms with Gasteiger partial charge in [0.1, 0.15) is 0 Å². The predicted octanol–water partition coefficient (Wildman–Crippen LogP) is 3.73. The summed E-state index contributed by atoms with van der Waals surface area (Å²) in [5, 5.41) is 6.85. The van der Waals surface area contributed by atoms with Crippen LogP contribution in [0.2, 0.25) is 0 Å². The molecular formula is C15H20N2S. The summed E-state index contributed by atoms with van der Waals surface area (Å²) >= 11 is 1.73. The van der Waals surface area contributed by atoms with Gasteiger partial charge in [0.2, 0.25) is 0 Å². The van der Waals surface area contributed by atoms with E-state index in [9.17, 15) is 0 Å². The molecule has 1 heterocycles. The van der Waals surface area contributed by atoms with E-state index in [0.717, 1.165) is 19.4 Å². The standard InChI is InChI=1S/C15H20N2S/c1-3-14(13-6-4-12(2)5-7-13)16-9-8-15-17-10-11-18-15/h4-7,10-11,14,16H,3,8-9H2,1-2H3. The van der Waals surface area contributed by atoms with Gasteiger partial charge in [-0.05, 0) is 18.9 Å². The first-order chi connectivity index (χ1) is 8.79. The molecule has 0 radical (unpaired) electrons. The molecule has 18 heavy (non-hydrogen) atoms. The lowest BCUT2D eigenvalue weighted by atomic mass is 10.0. The molecule has 0 amide bonds. The van der Waals surface area contributed by atoms with Crippen LogP contribution in [0.25, 0.3) is 0 Å². The van der Waals surface area contributed by atoms with E-state index in [1.807, 2.05) is 11.6 Å². The fourth-order valence-electron chi connectivity index (χ4n) is 2.03. The van der Waals surface area contributed by atoms with E-state index in [1.54, 1.807) is 11.3 Å². The number of rotatable bonds is 6. The van der Waals surface area contributed by atoms with Gasteiger partial charge >= 0.3 is 0 Å². The second-order valence-electron chi connectivity index (χ2n) is 4.50. The van der Waals surface area contributed by atoms with E-state index < -0.39 is 0 Å². The smallest absolute Gasteiger partial charge is 0.0937 e. The van der Waals surface area contributed by atoms with E-state index in [-0.39, 0.29) is 0 Å². The molecule has 1 atom stereocenters. The van der Waals surface area contributed by atoms with Gasteiger partial charge in [0.15, 0.2) is 0 Å². The van der Waals surface area contributed by atoms with Crippen LogP contribution in [-0.2, 0) is 6.42 Å². The highest BCUT2D eigenvalue weighted by Crippen LogP contribution is 2.17. The van der Waals surface area contributed by atoms with Gasteiger partial charge < -0.3 is 5.32 Å². The Hall–Kier alpha value is -1.19. The number of nitrogens with one attached hydrogen (secondary N) is 1. The topological polar surface area (TPSA) is 24.9 Å². The first-order valence-corrected chi connectivity index (χ1v) is 7.36. The minimum atomic E-state index is 0.450. The molecule has 1 unspecified atom stereocenters. The van der Waals surface area contributed by atoms with Crippen molar-refractivity contribution in [3.63, 3.8) is 0 Å². The predicted molar refractivity (Wildman–Crippen MR) is 78.0 cm³/mol. The van der Waals surface area contributed by atoms with Crippen LogP contribution in [0.5, 0.6) is 0 Å². The van der Waals surface area contributed by atoms with Crippen molar-refractivity contribution in [2.45, 2.75) is 32.7 Å². The van der Waals surface area contributed by atoms with Gasteiger partial charge in [0.05, 0.1) is 5.01 Å². The van der Waals surface area contributed by atoms with Crippen LogP contribution >= 0.6 is 11.3 Å². The third kappa shape index (κ3) is 3.65. The maximum absolute atomic E-state index is 4.30. The molecule has 0 bridgehead atoms. The van der Waals surface area contributed by atoms with Crippen molar-refractivity contribution in [1.29, 1.82) is 0 Å². The highest BCUT2D eigenvalue weighted by Gasteiger charge is 2.08. The summed E-state index contributed by atoms with van der Waals surface area (Å²) in [6.07, 6.45) is 4.00. The molecule has 0 spiro atoms. The lowest BCUT2D eigenvalue weighted by Crippen LogP contribution is -2.23. The Kier molecular flexibility index (Phi) is 4.90. The highest BCUT2D eigenvalue weighted by atomic mass is 32.1. The molecule has 0 aliphatic heterocycles. The molecule has 1 N–H and O–H groups in total. The molecule has 2 nitrogen and oxygen atoms in total. The molecule has 0 saturated heterocycles. The summed E-state index contributed by atoms with van der Waals surface area (Å²) in [6.45, 7) is 5.33. The number of benzene rings is 1. The van der Waals surface area contributed by atoms with Crippen LogP contribution in [0.4, 0.5) is 0 Å². The van der Waals surface area contributed by atoms with Gasteiger partial charge in [0.25, 0.3) is 0 Å². The molecule has 96 valence electrons. The zero-order valence-corrected chi connectivity index (χ0v) is 11.8. The Balaban J connectivity index is 1.87. The van der Waals surface area contributed by atoms with Crippen molar-refractivity contribution < 1.29 is 0 Å². The Morgan fingerprint density at radius 2 is 2.06 bits per heavy atom. The number of hydrogen-bond acceptors (Lipinski definition) is 3. The summed E-state index contributed by atoms with van der Waals surface area (Å²) in [6, 6.07) is 9.26. The minimum Gasteiger partial charge on any atom is -0.310 e. The molecule has 1 aromatic heterocycles. The summed E-state index contributed by atoms with van der Waals surface area (Å²) < 4.78 is 0. The third-order valence-corrected chi connectivity index (χ3v) is 3.94. The largest absolute Gasteiger partial charge is 0.310 e. The molecule has 0 aliphatic carbocycles. The monoisotopic (exact) mass is 260 g/mol. The molecule has 0 aliphatic rings. The minimum absolute atomic E-state index is 0.450. The average Bonchev–Trinajstić information content (AvgIpc) is 2.89. The van der Waals surface area contributed by atoms with Gasteiger partial charge in [0, 0.05) is 30.6 Å². The lowest BCUT2D eigenvalue weighted by molar-refractivity contribution is 0.522. The fraction of sp³-hybridized carbons (Fsp3) is 0.400. The maximum atomic E-state index is 4.30. The SMILES string of the molecule is CCC(NCCc1nccs1)c1ccc(C)cc1. The second kappa shape index (κ2) is 6.66. The number of hydrogen-bond donors (Lipinski definition) is 1. The fourth-order valence-corrected chi connectivity index (χ4v) is 2.65. The van der Waals surface area contributed by atoms with Gasteiger partial charge in [-0.3, -0.25) is 0 Å². The lowest BCUT2D eigenvalue weighted by Gasteiger charge is -2.17. The van der Waals surface area contributed by atoms with E-state index in [4.69, 9.17) is 0 Å². The Labute approximate surface area is 113 Å². The van der Waals surface area contributed by atoms with Gasteiger partial charge in [-0.1, -0.05) is 36.8 Å². The van der Waals surface area contributed by atoms with E-state index in [2.05, 4.69) is 48.4 Å². The van der Waals surface area contributed by atoms with Gasteiger partial charge in [-0.2, -0.15) is 0 Å². The summed E-state index contributed by atoms with van der Waals surface area (Å²) in [5.41, 5.74) is 2.69. The average molecular weight is 260 g/mol. The molecule has 0 fully saturated rings. The third-order valence-electron chi connectivity index (χ3n) is 3.10. The number of aromatic nitrogens is 1. The molecule has 2 rings (SSSR count). The van der Waals surface area contributed by atoms with E-state index in [0.29, 0.717) is 6.04 Å². The number of nitrogens with zero attached hydrogens (tertiary/aromatic N) is 1. The van der Waals surface area contributed by atoms with Crippen molar-refractivity contribution in [2.75, 3.05) is 6.54 Å². The quantitative estimate of drug-likeness (QED) is 0.856. The first kappa shape index (κ1) is 13.2. The van der Waals surface area contributed by atoms with Crippen molar-refractivity contribution in [3.8, 4) is 0 Å². The van der Waals surface area contributed by atoms with Crippen LogP contribution in [0, 0.1) is 6.92 Å². The first-order valence-electron chi connectivity index (χ1n) is 6.48. The maximum Gasteiger partial charge on any atom is 0.0937 e. The highest BCUT2D eigenvalue weighted by molar-refractivity contribution is 7.09. The van der Waals surface area contributed by atoms with Crippen molar-refractivity contribution in [3.05, 3.63) is 52.0 Å². The molecule has 2 aromatic rings. The molecule has 3 heteroatoms. The Bertz CT molecular complexity index is 448. The summed E-state index contributed by atoms with van der Waals surface area (Å²) in [4.78, 5) is 4.30. The molecular weight excluding hydrogens is 240 g/mol. The normalized spacial score (nSPS) is 12.6. The zero-order chi connectivity index (χ0) is 12.8. The van der Waals surface area contributed by atoms with Crippen LogP contribution in [-0.4, -0.2) is 11.5 Å². The molecule has 0 saturated carbocycles. The van der Waals surface area contributed by atoms with Gasteiger partial charge in [-0.15, -0.1) is 11.3 Å². The number of aryl methyl sites for hydroxylation is 1. The van der Waals surface area contributed by atoms with Crippen molar-refractivity contribution >= 4 is 11.3 Å². The van der Waals surface area contributed by atoms with E-state index in [1.165, 1.54) is 16.1 Å². The van der Waals surface area contributed by atoms with Crippen LogP contribution < -0.4 is 5.32 Å². The van der Waals surface area contributed by atoms with Crippen LogP contribution in [0.3, 0.4) is 0 Å². The Morgan fingerprint density at radius 3 is 2.67 bits per heavy atom. The Morgan fingerprint density at radius 1 is 1.28 bits per heavy atom. The van der Waals surface area contributed by atoms with Gasteiger partial charge in [-0.25, -0.2) is 4.98 Å². The molecule has 1 aromatic carbocycles. The summed E-state index contributed by atoms with van der Waals surface area (Å²) in [5.74, 6) is 0. The number of thiazole rings is 1. The van der Waals surface area contributed by atoms with Crippen LogP contribution in [0.1, 0.15) is 35.5 Å². The van der Waals surface area contributed by atoms with Crippen LogP contribution in [0.15, 0.2) is 35.8 Å². The zero-order valence-electron chi connectivity index (χ0n) is 11.0. The van der Waals surface area contributed by atoms with Crippen molar-refractivity contribution in [2.24, 2.45) is 0 Å². The van der Waals surface area contributed by atoms with E-state index >= 15 is 0 Å². The van der Waals surface area contributed by atoms with Crippen molar-refractivity contribution in [1.82, 2.24) is 10.3 Å². The summed E-state index contributed by atoms with van der Waals surface area (Å²) in [7, 11) is 0.